The van der Waals surface area contributed by atoms with Gasteiger partial charge in [-0.1, -0.05) is 0 Å². The Bertz CT molecular complexity index is 1020. The summed E-state index contributed by atoms with van der Waals surface area (Å²) in [5.41, 5.74) is 3.78. The number of nitrogens with one attached hydrogen (secondary N) is 3. The van der Waals surface area contributed by atoms with Crippen LogP contribution in [-0.4, -0.2) is 30.6 Å². The summed E-state index contributed by atoms with van der Waals surface area (Å²) in [6.07, 6.45) is 1.82. The number of hydrogen-bond donors (Lipinski definition) is 3. The van der Waals surface area contributed by atoms with Crippen LogP contribution in [0.4, 0.5) is 0 Å². The van der Waals surface area contributed by atoms with E-state index in [-0.39, 0.29) is 5.84 Å². The average Bonchev–Trinajstić information content (AvgIpc) is 3.01. The fourth-order valence-electron chi connectivity index (χ4n) is 2.95. The topological polar surface area (TPSA) is 120 Å². The Morgan fingerprint density at radius 1 is 1.34 bits per heavy atom. The number of carbonyl (C=O) groups excluding carboxylic acids is 1. The lowest BCUT2D eigenvalue weighted by atomic mass is 9.99. The molecule has 3 N–H and O–H groups in total. The molecule has 148 valence electrons. The van der Waals surface area contributed by atoms with Gasteiger partial charge >= 0.3 is 0 Å². The maximum absolute atomic E-state index is 12.6. The van der Waals surface area contributed by atoms with E-state index in [1.165, 1.54) is 6.21 Å². The molecule has 0 saturated heterocycles. The predicted octanol–water partition coefficient (Wildman–Crippen LogP) is 2.98. The van der Waals surface area contributed by atoms with Crippen LogP contribution in [0.3, 0.4) is 0 Å². The number of ether oxygens (including phenoxy) is 2. The number of nitrogens with zero attached hydrogens (tertiary/aromatic N) is 2. The van der Waals surface area contributed by atoms with Crippen LogP contribution < -0.4 is 20.2 Å². The lowest BCUT2D eigenvalue weighted by molar-refractivity contribution is 0.0975. The molecule has 0 radical (unpaired) electrons. The third-order valence-electron chi connectivity index (χ3n) is 4.20. The minimum Gasteiger partial charge on any atom is -0.487 e. The Balaban J connectivity index is 1.92. The number of hydrazone groups is 1. The van der Waals surface area contributed by atoms with Crippen molar-refractivity contribution in [2.75, 3.05) is 7.05 Å². The second kappa shape index (κ2) is 8.02. The summed E-state index contributed by atoms with van der Waals surface area (Å²) in [5, 5.41) is 22.8. The highest BCUT2D eigenvalue weighted by Crippen LogP contribution is 2.42. The van der Waals surface area contributed by atoms with Gasteiger partial charge in [0.2, 0.25) is 0 Å². The largest absolute Gasteiger partial charge is 0.487 e. The SMILES string of the molecule is CN/N=C\C(=N)NC(=O)c1cc(Oc2ccc(C#N)cc2)c2c(c1)OC(C)(C)C2. The standard InChI is InChI=1S/C21H21N5O3/c1-21(2)10-16-17(28-15-6-4-13(11-22)5-7-15)8-14(9-18(16)29-21)20(27)26-19(23)12-25-24-3/h4-9,12,24H,10H2,1-3H3,(H2,23,26,27)/b25-12-. The summed E-state index contributed by atoms with van der Waals surface area (Å²) < 4.78 is 12.0. The van der Waals surface area contributed by atoms with E-state index in [1.54, 1.807) is 43.4 Å². The summed E-state index contributed by atoms with van der Waals surface area (Å²) in [4.78, 5) is 12.6. The molecule has 1 aliphatic heterocycles. The maximum atomic E-state index is 12.6. The highest BCUT2D eigenvalue weighted by molar-refractivity contribution is 6.32. The number of rotatable bonds is 5. The first-order valence-corrected chi connectivity index (χ1v) is 8.95. The number of amidine groups is 1. The van der Waals surface area contributed by atoms with Gasteiger partial charge in [0.25, 0.3) is 5.91 Å². The van der Waals surface area contributed by atoms with E-state index < -0.39 is 11.5 Å². The number of nitriles is 1. The van der Waals surface area contributed by atoms with Crippen LogP contribution in [0.15, 0.2) is 41.5 Å². The lowest BCUT2D eigenvalue weighted by Gasteiger charge is -2.16. The van der Waals surface area contributed by atoms with Crippen LogP contribution in [-0.2, 0) is 6.42 Å². The Kier molecular flexibility index (Phi) is 5.50. The number of carbonyl (C=O) groups is 1. The minimum absolute atomic E-state index is 0.152. The average molecular weight is 391 g/mol. The molecule has 1 aliphatic rings. The molecule has 8 nitrogen and oxygen atoms in total. The van der Waals surface area contributed by atoms with Crippen LogP contribution >= 0.6 is 0 Å². The molecule has 0 saturated carbocycles. The molecule has 0 atom stereocenters. The molecule has 2 aromatic rings. The summed E-state index contributed by atoms with van der Waals surface area (Å²) in [7, 11) is 1.60. The molecule has 0 aromatic heterocycles. The third kappa shape index (κ3) is 4.71. The fraction of sp³-hybridized carbons (Fsp3) is 0.238. The van der Waals surface area contributed by atoms with Gasteiger partial charge in [-0.05, 0) is 50.2 Å². The zero-order valence-corrected chi connectivity index (χ0v) is 16.4. The number of amides is 1. The second-order valence-electron chi connectivity index (χ2n) is 7.08. The van der Waals surface area contributed by atoms with Gasteiger partial charge in [-0.25, -0.2) is 0 Å². The lowest BCUT2D eigenvalue weighted by Crippen LogP contribution is -2.31. The van der Waals surface area contributed by atoms with Gasteiger partial charge < -0.3 is 20.2 Å². The molecule has 0 bridgehead atoms. The highest BCUT2D eigenvalue weighted by Gasteiger charge is 2.34. The van der Waals surface area contributed by atoms with Gasteiger partial charge in [0.05, 0.1) is 17.8 Å². The first kappa shape index (κ1) is 19.9. The predicted molar refractivity (Wildman–Crippen MR) is 109 cm³/mol. The van der Waals surface area contributed by atoms with Gasteiger partial charge in [0, 0.05) is 24.6 Å². The molecule has 2 aromatic carbocycles. The number of fused-ring (bicyclic) bond motifs is 1. The normalized spacial score (nSPS) is 13.9. The van der Waals surface area contributed by atoms with E-state index in [0.29, 0.717) is 34.8 Å². The maximum Gasteiger partial charge on any atom is 0.257 e. The Labute approximate surface area is 168 Å². The van der Waals surface area contributed by atoms with Crippen molar-refractivity contribution in [3.8, 4) is 23.3 Å². The molecular weight excluding hydrogens is 370 g/mol. The number of benzene rings is 2. The van der Waals surface area contributed by atoms with Gasteiger partial charge in [0.15, 0.2) is 0 Å². The van der Waals surface area contributed by atoms with Crippen molar-refractivity contribution < 1.29 is 14.3 Å². The summed E-state index contributed by atoms with van der Waals surface area (Å²) in [5.74, 6) is 0.987. The molecule has 0 spiro atoms. The molecular formula is C21H21N5O3. The van der Waals surface area contributed by atoms with Gasteiger partial charge in [0.1, 0.15) is 28.7 Å². The van der Waals surface area contributed by atoms with Crippen molar-refractivity contribution in [3.63, 3.8) is 0 Å². The van der Waals surface area contributed by atoms with E-state index in [0.717, 1.165) is 5.56 Å². The zero-order valence-electron chi connectivity index (χ0n) is 16.4. The van der Waals surface area contributed by atoms with Gasteiger partial charge in [-0.15, -0.1) is 0 Å². The van der Waals surface area contributed by atoms with Gasteiger partial charge in [-0.2, -0.15) is 10.4 Å². The quantitative estimate of drug-likeness (QED) is 0.411. The van der Waals surface area contributed by atoms with Crippen LogP contribution in [0.5, 0.6) is 17.2 Å². The van der Waals surface area contributed by atoms with Crippen LogP contribution in [0.1, 0.15) is 35.3 Å². The van der Waals surface area contributed by atoms with E-state index in [2.05, 4.69) is 21.9 Å². The van der Waals surface area contributed by atoms with Crippen LogP contribution in [0, 0.1) is 16.7 Å². The van der Waals surface area contributed by atoms with Crippen molar-refractivity contribution in [3.05, 3.63) is 53.1 Å². The van der Waals surface area contributed by atoms with Crippen LogP contribution in [0.2, 0.25) is 0 Å². The smallest absolute Gasteiger partial charge is 0.257 e. The van der Waals surface area contributed by atoms with Crippen molar-refractivity contribution in [2.45, 2.75) is 25.9 Å². The second-order valence-corrected chi connectivity index (χ2v) is 7.08. The first-order chi connectivity index (χ1) is 13.8. The number of hydrogen-bond acceptors (Lipinski definition) is 7. The van der Waals surface area contributed by atoms with Crippen molar-refractivity contribution in [2.24, 2.45) is 5.10 Å². The van der Waals surface area contributed by atoms with E-state index in [1.807, 2.05) is 13.8 Å². The summed E-state index contributed by atoms with van der Waals surface area (Å²) in [6, 6.07) is 12.1. The first-order valence-electron chi connectivity index (χ1n) is 8.95. The third-order valence-corrected chi connectivity index (χ3v) is 4.20. The van der Waals surface area contributed by atoms with Crippen molar-refractivity contribution >= 4 is 18.0 Å². The molecule has 0 aliphatic carbocycles. The highest BCUT2D eigenvalue weighted by atomic mass is 16.5. The summed E-state index contributed by atoms with van der Waals surface area (Å²) >= 11 is 0. The molecule has 29 heavy (non-hydrogen) atoms. The molecule has 0 unspecified atom stereocenters. The molecule has 1 heterocycles. The monoisotopic (exact) mass is 391 g/mol. The summed E-state index contributed by atoms with van der Waals surface area (Å²) in [6.45, 7) is 3.92. The van der Waals surface area contributed by atoms with Crippen molar-refractivity contribution in [1.29, 1.82) is 10.7 Å². The molecule has 8 heteroatoms. The molecule has 3 rings (SSSR count). The minimum atomic E-state index is -0.474. The van der Waals surface area contributed by atoms with E-state index >= 15 is 0 Å². The van der Waals surface area contributed by atoms with Crippen molar-refractivity contribution in [1.82, 2.24) is 10.7 Å². The van der Waals surface area contributed by atoms with E-state index in [9.17, 15) is 4.79 Å². The van der Waals surface area contributed by atoms with Crippen LogP contribution in [0.25, 0.3) is 0 Å². The molecule has 0 fully saturated rings. The van der Waals surface area contributed by atoms with Gasteiger partial charge in [-0.3, -0.25) is 10.2 Å². The van der Waals surface area contributed by atoms with E-state index in [4.69, 9.17) is 20.1 Å². The molecule has 1 amide bonds. The Morgan fingerprint density at radius 3 is 2.72 bits per heavy atom. The Hall–Kier alpha value is -3.86. The zero-order chi connectivity index (χ0) is 21.0. The fourth-order valence-corrected chi connectivity index (χ4v) is 2.95. The Morgan fingerprint density at radius 2 is 2.07 bits per heavy atom.